The zero-order valence-electron chi connectivity index (χ0n) is 10.0. The van der Waals surface area contributed by atoms with E-state index in [1.807, 2.05) is 13.0 Å². The average Bonchev–Trinajstić information content (AvgIpc) is 2.34. The Hall–Kier alpha value is -1.46. The SMILES string of the molecule is CC(N)Cc1c(F)cccc1Sc1ncccn1. The van der Waals surface area contributed by atoms with Crippen LogP contribution in [0.1, 0.15) is 12.5 Å². The van der Waals surface area contributed by atoms with Crippen molar-refractivity contribution >= 4 is 11.8 Å². The van der Waals surface area contributed by atoms with Gasteiger partial charge in [-0.3, -0.25) is 0 Å². The molecule has 2 rings (SSSR count). The molecule has 0 aliphatic carbocycles. The number of rotatable bonds is 4. The van der Waals surface area contributed by atoms with Crippen LogP contribution in [0, 0.1) is 5.82 Å². The first kappa shape index (κ1) is 13.0. The maximum absolute atomic E-state index is 13.8. The molecule has 1 heterocycles. The maximum atomic E-state index is 13.8. The van der Waals surface area contributed by atoms with E-state index >= 15 is 0 Å². The molecule has 2 N–H and O–H groups in total. The number of halogens is 1. The Kier molecular flexibility index (Phi) is 4.28. The summed E-state index contributed by atoms with van der Waals surface area (Å²) in [4.78, 5) is 9.06. The fourth-order valence-corrected chi connectivity index (χ4v) is 2.47. The lowest BCUT2D eigenvalue weighted by atomic mass is 10.1. The number of hydrogen-bond donors (Lipinski definition) is 1. The van der Waals surface area contributed by atoms with Crippen molar-refractivity contribution in [3.05, 3.63) is 48.0 Å². The molecule has 2 aromatic rings. The van der Waals surface area contributed by atoms with Crippen LogP contribution in [0.2, 0.25) is 0 Å². The van der Waals surface area contributed by atoms with Gasteiger partial charge >= 0.3 is 0 Å². The molecule has 0 saturated carbocycles. The van der Waals surface area contributed by atoms with Gasteiger partial charge in [0.1, 0.15) is 5.82 Å². The number of hydrogen-bond acceptors (Lipinski definition) is 4. The second-order valence-corrected chi connectivity index (χ2v) is 5.04. The third kappa shape index (κ3) is 3.27. The zero-order chi connectivity index (χ0) is 13.0. The lowest BCUT2D eigenvalue weighted by Gasteiger charge is -2.11. The predicted molar refractivity (Wildman–Crippen MR) is 69.9 cm³/mol. The topological polar surface area (TPSA) is 51.8 Å². The van der Waals surface area contributed by atoms with Gasteiger partial charge in [0.2, 0.25) is 0 Å². The quantitative estimate of drug-likeness (QED) is 0.862. The first-order chi connectivity index (χ1) is 8.66. The van der Waals surface area contributed by atoms with Crippen molar-refractivity contribution < 1.29 is 4.39 Å². The Morgan fingerprint density at radius 3 is 2.67 bits per heavy atom. The van der Waals surface area contributed by atoms with Crippen molar-refractivity contribution in [2.75, 3.05) is 0 Å². The van der Waals surface area contributed by atoms with Crippen LogP contribution >= 0.6 is 11.8 Å². The van der Waals surface area contributed by atoms with Crippen LogP contribution in [0.3, 0.4) is 0 Å². The van der Waals surface area contributed by atoms with Gasteiger partial charge in [0, 0.05) is 28.9 Å². The lowest BCUT2D eigenvalue weighted by molar-refractivity contribution is 0.588. The minimum atomic E-state index is -0.228. The first-order valence-electron chi connectivity index (χ1n) is 5.64. The van der Waals surface area contributed by atoms with Gasteiger partial charge < -0.3 is 5.73 Å². The van der Waals surface area contributed by atoms with Crippen LogP contribution in [0.5, 0.6) is 0 Å². The molecule has 0 aliphatic rings. The molecule has 1 atom stereocenters. The van der Waals surface area contributed by atoms with Gasteiger partial charge in [-0.15, -0.1) is 0 Å². The fraction of sp³-hybridized carbons (Fsp3) is 0.231. The molecule has 1 aromatic heterocycles. The Bertz CT molecular complexity index is 517. The van der Waals surface area contributed by atoms with E-state index in [9.17, 15) is 4.39 Å². The smallest absolute Gasteiger partial charge is 0.192 e. The minimum absolute atomic E-state index is 0.0852. The summed E-state index contributed by atoms with van der Waals surface area (Å²) in [6.45, 7) is 1.86. The molecule has 3 nitrogen and oxygen atoms in total. The molecule has 5 heteroatoms. The third-order valence-electron chi connectivity index (χ3n) is 2.35. The van der Waals surface area contributed by atoms with E-state index in [2.05, 4.69) is 9.97 Å². The average molecular weight is 263 g/mol. The van der Waals surface area contributed by atoms with Gasteiger partial charge in [0.15, 0.2) is 5.16 Å². The Balaban J connectivity index is 2.30. The Morgan fingerprint density at radius 1 is 1.28 bits per heavy atom. The number of aromatic nitrogens is 2. The highest BCUT2D eigenvalue weighted by molar-refractivity contribution is 7.99. The molecule has 0 amide bonds. The Morgan fingerprint density at radius 2 is 2.00 bits per heavy atom. The molecule has 0 bridgehead atoms. The van der Waals surface area contributed by atoms with Crippen LogP contribution in [0.4, 0.5) is 4.39 Å². The molecule has 1 aromatic carbocycles. The minimum Gasteiger partial charge on any atom is -0.328 e. The molecule has 0 spiro atoms. The second-order valence-electron chi connectivity index (χ2n) is 4.03. The normalized spacial score (nSPS) is 12.4. The van der Waals surface area contributed by atoms with E-state index in [-0.39, 0.29) is 11.9 Å². The van der Waals surface area contributed by atoms with E-state index in [0.717, 1.165) is 4.90 Å². The largest absolute Gasteiger partial charge is 0.328 e. The van der Waals surface area contributed by atoms with E-state index < -0.39 is 0 Å². The summed E-state index contributed by atoms with van der Waals surface area (Å²) in [5, 5.41) is 0.606. The van der Waals surface area contributed by atoms with Gasteiger partial charge in [-0.25, -0.2) is 14.4 Å². The molecule has 0 saturated heterocycles. The van der Waals surface area contributed by atoms with Crippen molar-refractivity contribution in [2.24, 2.45) is 5.73 Å². The lowest BCUT2D eigenvalue weighted by Crippen LogP contribution is -2.19. The summed E-state index contributed by atoms with van der Waals surface area (Å²) in [7, 11) is 0. The van der Waals surface area contributed by atoms with Crippen LogP contribution in [0.25, 0.3) is 0 Å². The number of nitrogens with two attached hydrogens (primary N) is 1. The van der Waals surface area contributed by atoms with Crippen LogP contribution in [-0.4, -0.2) is 16.0 Å². The summed E-state index contributed by atoms with van der Waals surface area (Å²) in [5.74, 6) is -0.228. The van der Waals surface area contributed by atoms with Gasteiger partial charge in [-0.05, 0) is 43.3 Å². The predicted octanol–water partition coefficient (Wildman–Crippen LogP) is 2.66. The van der Waals surface area contributed by atoms with Crippen LogP contribution < -0.4 is 5.73 Å². The summed E-state index contributed by atoms with van der Waals surface area (Å²) < 4.78 is 13.8. The van der Waals surface area contributed by atoms with E-state index in [0.29, 0.717) is 17.1 Å². The molecule has 0 aliphatic heterocycles. The van der Waals surface area contributed by atoms with Crippen LogP contribution in [-0.2, 0) is 6.42 Å². The van der Waals surface area contributed by atoms with Gasteiger partial charge in [-0.1, -0.05) is 6.07 Å². The van der Waals surface area contributed by atoms with Crippen molar-refractivity contribution in [1.29, 1.82) is 0 Å². The van der Waals surface area contributed by atoms with Crippen molar-refractivity contribution in [3.63, 3.8) is 0 Å². The maximum Gasteiger partial charge on any atom is 0.192 e. The molecular weight excluding hydrogens is 249 g/mol. The fourth-order valence-electron chi connectivity index (χ4n) is 1.59. The van der Waals surface area contributed by atoms with E-state index in [4.69, 9.17) is 5.73 Å². The third-order valence-corrected chi connectivity index (χ3v) is 3.34. The molecular formula is C13H14FN3S. The highest BCUT2D eigenvalue weighted by atomic mass is 32.2. The molecule has 0 fully saturated rings. The van der Waals surface area contributed by atoms with Crippen LogP contribution in [0.15, 0.2) is 46.7 Å². The standard InChI is InChI=1S/C13H14FN3S/c1-9(15)8-10-11(14)4-2-5-12(10)18-13-16-6-3-7-17-13/h2-7,9H,8,15H2,1H3. The summed E-state index contributed by atoms with van der Waals surface area (Å²) in [6.07, 6.45) is 3.83. The molecule has 18 heavy (non-hydrogen) atoms. The highest BCUT2D eigenvalue weighted by Gasteiger charge is 2.12. The summed E-state index contributed by atoms with van der Waals surface area (Å²) in [6, 6.07) is 6.66. The first-order valence-corrected chi connectivity index (χ1v) is 6.46. The van der Waals surface area contributed by atoms with Gasteiger partial charge in [-0.2, -0.15) is 0 Å². The molecule has 94 valence electrons. The van der Waals surface area contributed by atoms with Crippen molar-refractivity contribution in [2.45, 2.75) is 29.4 Å². The van der Waals surface area contributed by atoms with Gasteiger partial charge in [0.05, 0.1) is 0 Å². The second kappa shape index (κ2) is 5.93. The van der Waals surface area contributed by atoms with Crippen molar-refractivity contribution in [3.8, 4) is 0 Å². The number of benzene rings is 1. The summed E-state index contributed by atoms with van der Waals surface area (Å²) >= 11 is 1.35. The van der Waals surface area contributed by atoms with Gasteiger partial charge in [0.25, 0.3) is 0 Å². The molecule has 1 unspecified atom stereocenters. The van der Waals surface area contributed by atoms with Crippen molar-refractivity contribution in [1.82, 2.24) is 9.97 Å². The highest BCUT2D eigenvalue weighted by Crippen LogP contribution is 2.29. The number of nitrogens with zero attached hydrogens (tertiary/aromatic N) is 2. The zero-order valence-corrected chi connectivity index (χ0v) is 10.8. The Labute approximate surface area is 110 Å². The monoisotopic (exact) mass is 263 g/mol. The van der Waals surface area contributed by atoms with E-state index in [1.165, 1.54) is 17.8 Å². The molecule has 0 radical (unpaired) electrons. The summed E-state index contributed by atoms with van der Waals surface area (Å²) in [5.41, 5.74) is 6.38. The van der Waals surface area contributed by atoms with E-state index in [1.54, 1.807) is 24.5 Å².